The lowest BCUT2D eigenvalue weighted by atomic mass is 9.74. The molecule has 0 aromatic carbocycles. The molecule has 0 unspecified atom stereocenters. The van der Waals surface area contributed by atoms with Crippen molar-refractivity contribution in [2.45, 2.75) is 19.4 Å². The summed E-state index contributed by atoms with van der Waals surface area (Å²) in [6.07, 6.45) is -1.06. The molecule has 2 aliphatic rings. The molecule has 0 radical (unpaired) electrons. The maximum Gasteiger partial charge on any atom is 0.407 e. The Morgan fingerprint density at radius 2 is 1.87 bits per heavy atom. The van der Waals surface area contributed by atoms with Gasteiger partial charge in [-0.25, -0.2) is 9.59 Å². The maximum absolute atomic E-state index is 10.9. The van der Waals surface area contributed by atoms with Crippen LogP contribution in [0, 0.1) is 5.41 Å². The van der Waals surface area contributed by atoms with Gasteiger partial charge in [0.15, 0.2) is 0 Å². The van der Waals surface area contributed by atoms with Gasteiger partial charge in [-0.1, -0.05) is 0 Å². The van der Waals surface area contributed by atoms with Gasteiger partial charge in [0, 0.05) is 31.1 Å². The molecule has 0 aliphatic carbocycles. The third kappa shape index (κ3) is 1.32. The van der Waals surface area contributed by atoms with Gasteiger partial charge in [-0.15, -0.1) is 0 Å². The molecule has 6 heteroatoms. The van der Waals surface area contributed by atoms with Crippen molar-refractivity contribution in [2.75, 3.05) is 19.6 Å². The van der Waals surface area contributed by atoms with Crippen LogP contribution in [0.5, 0.6) is 0 Å². The smallest absolute Gasteiger partial charge is 0.407 e. The van der Waals surface area contributed by atoms with E-state index in [0.29, 0.717) is 19.6 Å². The lowest BCUT2D eigenvalue weighted by Gasteiger charge is -2.49. The van der Waals surface area contributed by atoms with Gasteiger partial charge in [-0.2, -0.15) is 0 Å². The average molecular weight is 214 g/mol. The van der Waals surface area contributed by atoms with Crippen LogP contribution in [0.1, 0.15) is 13.3 Å². The highest BCUT2D eigenvalue weighted by Gasteiger charge is 2.55. The first-order valence-corrected chi connectivity index (χ1v) is 4.94. The van der Waals surface area contributed by atoms with Crippen LogP contribution in [0.2, 0.25) is 0 Å². The minimum Gasteiger partial charge on any atom is -0.465 e. The summed E-state index contributed by atoms with van der Waals surface area (Å²) in [5.74, 6) is 0. The first kappa shape index (κ1) is 10.1. The highest BCUT2D eigenvalue weighted by Crippen LogP contribution is 2.44. The minimum absolute atomic E-state index is 0.0781. The molecule has 0 bridgehead atoms. The second kappa shape index (κ2) is 3.01. The predicted molar refractivity (Wildman–Crippen MR) is 50.8 cm³/mol. The third-order valence-electron chi connectivity index (χ3n) is 3.73. The molecule has 0 saturated carbocycles. The topological polar surface area (TPSA) is 81.1 Å². The van der Waals surface area contributed by atoms with Crippen molar-refractivity contribution in [3.8, 4) is 0 Å². The maximum atomic E-state index is 10.9. The molecule has 1 atom stereocenters. The van der Waals surface area contributed by atoms with E-state index in [1.54, 1.807) is 0 Å². The van der Waals surface area contributed by atoms with Crippen LogP contribution in [0.25, 0.3) is 0 Å². The number of hydrogen-bond acceptors (Lipinski definition) is 2. The van der Waals surface area contributed by atoms with Crippen molar-refractivity contribution in [1.82, 2.24) is 9.80 Å². The zero-order valence-corrected chi connectivity index (χ0v) is 8.51. The molecule has 0 aromatic rings. The lowest BCUT2D eigenvalue weighted by Crippen LogP contribution is -2.62. The number of carboxylic acid groups (broad SMARTS) is 2. The highest BCUT2D eigenvalue weighted by atomic mass is 16.4. The van der Waals surface area contributed by atoms with Gasteiger partial charge >= 0.3 is 12.2 Å². The van der Waals surface area contributed by atoms with Gasteiger partial charge < -0.3 is 20.0 Å². The summed E-state index contributed by atoms with van der Waals surface area (Å²) in [5, 5.41) is 17.6. The van der Waals surface area contributed by atoms with Gasteiger partial charge in [0.25, 0.3) is 0 Å². The van der Waals surface area contributed by atoms with Crippen molar-refractivity contribution >= 4 is 12.2 Å². The molecule has 2 amide bonds. The Kier molecular flexibility index (Phi) is 2.02. The molecule has 1 spiro atoms. The Morgan fingerprint density at radius 3 is 2.27 bits per heavy atom. The number of rotatable bonds is 0. The molecule has 2 fully saturated rings. The number of amides is 2. The van der Waals surface area contributed by atoms with Gasteiger partial charge in [-0.05, 0) is 13.3 Å². The minimum atomic E-state index is -0.915. The Bertz CT molecular complexity index is 311. The van der Waals surface area contributed by atoms with E-state index in [2.05, 4.69) is 0 Å². The monoisotopic (exact) mass is 214 g/mol. The molecule has 2 rings (SSSR count). The molecule has 15 heavy (non-hydrogen) atoms. The van der Waals surface area contributed by atoms with E-state index in [9.17, 15) is 9.59 Å². The van der Waals surface area contributed by atoms with Crippen molar-refractivity contribution in [3.63, 3.8) is 0 Å². The second-order valence-corrected chi connectivity index (χ2v) is 4.40. The molecule has 0 aromatic heterocycles. The fourth-order valence-electron chi connectivity index (χ4n) is 2.61. The van der Waals surface area contributed by atoms with Crippen LogP contribution in [0.15, 0.2) is 0 Å². The number of likely N-dealkylation sites (tertiary alicyclic amines) is 2. The van der Waals surface area contributed by atoms with E-state index >= 15 is 0 Å². The Hall–Kier alpha value is -1.46. The molecule has 2 saturated heterocycles. The van der Waals surface area contributed by atoms with Crippen LogP contribution in [0.3, 0.4) is 0 Å². The summed E-state index contributed by atoms with van der Waals surface area (Å²) in [7, 11) is 0. The molecule has 2 aliphatic heterocycles. The lowest BCUT2D eigenvalue weighted by molar-refractivity contribution is -0.00737. The fourth-order valence-corrected chi connectivity index (χ4v) is 2.61. The summed E-state index contributed by atoms with van der Waals surface area (Å²) >= 11 is 0. The van der Waals surface area contributed by atoms with Crippen LogP contribution < -0.4 is 0 Å². The molecule has 2 heterocycles. The Balaban J connectivity index is 2.03. The summed E-state index contributed by atoms with van der Waals surface area (Å²) < 4.78 is 0. The van der Waals surface area contributed by atoms with E-state index in [1.807, 2.05) is 6.92 Å². The summed E-state index contributed by atoms with van der Waals surface area (Å²) in [6, 6.07) is -0.0781. The summed E-state index contributed by atoms with van der Waals surface area (Å²) in [5.41, 5.74) is -0.128. The average Bonchev–Trinajstić information content (AvgIpc) is 2.39. The Morgan fingerprint density at radius 1 is 1.27 bits per heavy atom. The fraction of sp³-hybridized carbons (Fsp3) is 0.778. The quantitative estimate of drug-likeness (QED) is 0.623. The SMILES string of the molecule is C[C@H]1N(C(=O)O)CCC12CN(C(=O)O)C2. The van der Waals surface area contributed by atoms with E-state index in [0.717, 1.165) is 6.42 Å². The van der Waals surface area contributed by atoms with Crippen LogP contribution >= 0.6 is 0 Å². The molecular formula is C9H14N2O4. The van der Waals surface area contributed by atoms with E-state index < -0.39 is 12.2 Å². The third-order valence-corrected chi connectivity index (χ3v) is 3.73. The molecule has 84 valence electrons. The summed E-state index contributed by atoms with van der Waals surface area (Å²) in [4.78, 5) is 24.2. The van der Waals surface area contributed by atoms with E-state index in [-0.39, 0.29) is 11.5 Å². The number of nitrogens with zero attached hydrogens (tertiary/aromatic N) is 2. The van der Waals surface area contributed by atoms with Crippen LogP contribution in [0.4, 0.5) is 9.59 Å². The standard InChI is InChI=1S/C9H14N2O4/c1-6-9(2-3-11(6)8(14)15)4-10(5-9)7(12)13/h6H,2-5H2,1H3,(H,12,13)(H,14,15)/t6-/m1/s1. The van der Waals surface area contributed by atoms with Gasteiger partial charge in [0.05, 0.1) is 0 Å². The summed E-state index contributed by atoms with van der Waals surface area (Å²) in [6.45, 7) is 3.31. The molecule has 2 N–H and O–H groups in total. The normalized spacial score (nSPS) is 27.9. The van der Waals surface area contributed by atoms with Crippen molar-refractivity contribution in [3.05, 3.63) is 0 Å². The molecule has 6 nitrogen and oxygen atoms in total. The van der Waals surface area contributed by atoms with Crippen molar-refractivity contribution in [2.24, 2.45) is 5.41 Å². The van der Waals surface area contributed by atoms with Gasteiger partial charge in [-0.3, -0.25) is 0 Å². The first-order valence-electron chi connectivity index (χ1n) is 4.94. The highest BCUT2D eigenvalue weighted by molar-refractivity contribution is 5.68. The van der Waals surface area contributed by atoms with E-state index in [4.69, 9.17) is 10.2 Å². The molecular weight excluding hydrogens is 200 g/mol. The van der Waals surface area contributed by atoms with Crippen LogP contribution in [-0.2, 0) is 0 Å². The van der Waals surface area contributed by atoms with Crippen LogP contribution in [-0.4, -0.2) is 57.9 Å². The number of hydrogen-bond donors (Lipinski definition) is 2. The Labute approximate surface area is 87.1 Å². The second-order valence-electron chi connectivity index (χ2n) is 4.40. The predicted octanol–water partition coefficient (Wildman–Crippen LogP) is 0.739. The first-order chi connectivity index (χ1) is 6.96. The van der Waals surface area contributed by atoms with E-state index in [1.165, 1.54) is 9.80 Å². The zero-order chi connectivity index (χ0) is 11.2. The van der Waals surface area contributed by atoms with Gasteiger partial charge in [0.2, 0.25) is 0 Å². The number of carbonyl (C=O) groups is 2. The van der Waals surface area contributed by atoms with Crippen molar-refractivity contribution in [1.29, 1.82) is 0 Å². The largest absolute Gasteiger partial charge is 0.465 e. The van der Waals surface area contributed by atoms with Gasteiger partial charge in [0.1, 0.15) is 0 Å². The van der Waals surface area contributed by atoms with Crippen molar-refractivity contribution < 1.29 is 19.8 Å². The zero-order valence-electron chi connectivity index (χ0n) is 8.51.